The number of piperidine rings is 1. The Kier molecular flexibility index (Phi) is 3.33. The molecule has 15 heavy (non-hydrogen) atoms. The van der Waals surface area contributed by atoms with Crippen LogP contribution in [0.5, 0.6) is 0 Å². The van der Waals surface area contributed by atoms with E-state index < -0.39 is 0 Å². The van der Waals surface area contributed by atoms with E-state index in [-0.39, 0.29) is 5.91 Å². The van der Waals surface area contributed by atoms with Crippen LogP contribution in [0.3, 0.4) is 0 Å². The summed E-state index contributed by atoms with van der Waals surface area (Å²) in [4.78, 5) is 16.3. The highest BCUT2D eigenvalue weighted by atomic mass is 32.1. The highest BCUT2D eigenvalue weighted by Crippen LogP contribution is 2.11. The Labute approximate surface area is 93.1 Å². The largest absolute Gasteiger partial charge is 0.348 e. The molecule has 0 radical (unpaired) electrons. The number of carbonyl (C=O) groups excluding carboxylic acids is 1. The first-order chi connectivity index (χ1) is 7.25. The van der Waals surface area contributed by atoms with E-state index in [4.69, 9.17) is 0 Å². The van der Waals surface area contributed by atoms with Gasteiger partial charge in [0.1, 0.15) is 4.88 Å². The Hall–Kier alpha value is -0.940. The molecule has 1 saturated heterocycles. The van der Waals surface area contributed by atoms with Gasteiger partial charge in [0.25, 0.3) is 5.91 Å². The molecule has 1 aliphatic rings. The Bertz CT molecular complexity index is 325. The lowest BCUT2D eigenvalue weighted by Crippen LogP contribution is -2.46. The van der Waals surface area contributed by atoms with E-state index in [2.05, 4.69) is 22.5 Å². The van der Waals surface area contributed by atoms with Gasteiger partial charge in [-0.15, -0.1) is 11.3 Å². The van der Waals surface area contributed by atoms with Gasteiger partial charge in [-0.2, -0.15) is 0 Å². The number of thiazole rings is 1. The van der Waals surface area contributed by atoms with Crippen molar-refractivity contribution in [2.75, 3.05) is 6.54 Å². The molecule has 0 spiro atoms. The zero-order chi connectivity index (χ0) is 10.7. The van der Waals surface area contributed by atoms with Crippen molar-refractivity contribution in [2.45, 2.75) is 31.8 Å². The predicted octanol–water partition coefficient (Wildman–Crippen LogP) is 1.01. The highest BCUT2D eigenvalue weighted by molar-refractivity contribution is 7.11. The number of aromatic nitrogens is 1. The molecule has 2 heterocycles. The van der Waals surface area contributed by atoms with Crippen molar-refractivity contribution in [2.24, 2.45) is 0 Å². The smallest absolute Gasteiger partial charge is 0.263 e. The molecule has 0 aliphatic carbocycles. The summed E-state index contributed by atoms with van der Waals surface area (Å²) in [6, 6.07) is 0.793. The standard InChI is InChI=1S/C10H15N3OS/c1-7-4-8(2-3-12-7)13-10(14)9-5-11-6-15-9/h5-8,12H,2-4H2,1H3,(H,13,14). The molecule has 5 heteroatoms. The minimum Gasteiger partial charge on any atom is -0.348 e. The molecular weight excluding hydrogens is 210 g/mol. The topological polar surface area (TPSA) is 54.0 Å². The van der Waals surface area contributed by atoms with Gasteiger partial charge < -0.3 is 10.6 Å². The van der Waals surface area contributed by atoms with Gasteiger partial charge in [-0.3, -0.25) is 9.78 Å². The van der Waals surface area contributed by atoms with Crippen LogP contribution in [-0.2, 0) is 0 Å². The maximum absolute atomic E-state index is 11.7. The fourth-order valence-electron chi connectivity index (χ4n) is 1.85. The maximum atomic E-state index is 11.7. The summed E-state index contributed by atoms with van der Waals surface area (Å²) >= 11 is 1.38. The zero-order valence-corrected chi connectivity index (χ0v) is 9.51. The van der Waals surface area contributed by atoms with Gasteiger partial charge in [0.2, 0.25) is 0 Å². The molecule has 2 unspecified atom stereocenters. The molecule has 0 bridgehead atoms. The number of rotatable bonds is 2. The van der Waals surface area contributed by atoms with Crippen molar-refractivity contribution in [1.29, 1.82) is 0 Å². The molecule has 0 saturated carbocycles. The van der Waals surface area contributed by atoms with Crippen LogP contribution in [0.1, 0.15) is 29.4 Å². The van der Waals surface area contributed by atoms with E-state index >= 15 is 0 Å². The van der Waals surface area contributed by atoms with Gasteiger partial charge >= 0.3 is 0 Å². The predicted molar refractivity (Wildman–Crippen MR) is 60.1 cm³/mol. The molecule has 2 rings (SSSR count). The third-order valence-electron chi connectivity index (χ3n) is 2.61. The van der Waals surface area contributed by atoms with Crippen molar-refractivity contribution in [3.8, 4) is 0 Å². The van der Waals surface area contributed by atoms with Gasteiger partial charge in [0, 0.05) is 12.1 Å². The van der Waals surface area contributed by atoms with Crippen molar-refractivity contribution in [1.82, 2.24) is 15.6 Å². The Morgan fingerprint density at radius 1 is 1.73 bits per heavy atom. The summed E-state index contributed by atoms with van der Waals surface area (Å²) in [6.45, 7) is 3.12. The van der Waals surface area contributed by atoms with Crippen LogP contribution < -0.4 is 10.6 Å². The molecule has 1 amide bonds. The average molecular weight is 225 g/mol. The monoisotopic (exact) mass is 225 g/mol. The van der Waals surface area contributed by atoms with Gasteiger partial charge in [-0.1, -0.05) is 0 Å². The van der Waals surface area contributed by atoms with E-state index in [1.165, 1.54) is 11.3 Å². The Morgan fingerprint density at radius 2 is 2.60 bits per heavy atom. The third-order valence-corrected chi connectivity index (χ3v) is 3.39. The number of hydrogen-bond donors (Lipinski definition) is 2. The number of nitrogens with zero attached hydrogens (tertiary/aromatic N) is 1. The van der Waals surface area contributed by atoms with E-state index in [1.807, 2.05) is 0 Å². The average Bonchev–Trinajstić information content (AvgIpc) is 2.70. The second kappa shape index (κ2) is 4.72. The van der Waals surface area contributed by atoms with E-state index in [0.29, 0.717) is 17.0 Å². The van der Waals surface area contributed by atoms with Gasteiger partial charge in [0.05, 0.1) is 11.7 Å². The second-order valence-corrected chi connectivity index (χ2v) is 4.80. The first-order valence-corrected chi connectivity index (χ1v) is 6.06. The molecule has 2 N–H and O–H groups in total. The number of nitrogens with one attached hydrogen (secondary N) is 2. The second-order valence-electron chi connectivity index (χ2n) is 3.92. The lowest BCUT2D eigenvalue weighted by molar-refractivity contribution is 0.0929. The van der Waals surface area contributed by atoms with Crippen molar-refractivity contribution < 1.29 is 4.79 Å². The molecule has 4 nitrogen and oxygen atoms in total. The van der Waals surface area contributed by atoms with Crippen LogP contribution in [0, 0.1) is 0 Å². The zero-order valence-electron chi connectivity index (χ0n) is 8.69. The van der Waals surface area contributed by atoms with Gasteiger partial charge in [0.15, 0.2) is 0 Å². The molecule has 1 aliphatic heterocycles. The van der Waals surface area contributed by atoms with Crippen molar-refractivity contribution in [3.05, 3.63) is 16.6 Å². The van der Waals surface area contributed by atoms with E-state index in [9.17, 15) is 4.79 Å². The molecule has 1 aromatic heterocycles. The summed E-state index contributed by atoms with van der Waals surface area (Å²) in [5.41, 5.74) is 1.68. The summed E-state index contributed by atoms with van der Waals surface area (Å²) in [5, 5.41) is 6.40. The van der Waals surface area contributed by atoms with Crippen LogP contribution in [0.15, 0.2) is 11.7 Å². The molecule has 0 aromatic carbocycles. The molecule has 1 fully saturated rings. The summed E-state index contributed by atoms with van der Waals surface area (Å²) < 4.78 is 0. The normalized spacial score (nSPS) is 26.2. The molecular formula is C10H15N3OS. The molecule has 1 aromatic rings. The number of hydrogen-bond acceptors (Lipinski definition) is 4. The van der Waals surface area contributed by atoms with E-state index in [0.717, 1.165) is 19.4 Å². The fraction of sp³-hybridized carbons (Fsp3) is 0.600. The molecule has 2 atom stereocenters. The van der Waals surface area contributed by atoms with E-state index in [1.54, 1.807) is 11.7 Å². The lowest BCUT2D eigenvalue weighted by atomic mass is 10.0. The van der Waals surface area contributed by atoms with Crippen LogP contribution in [-0.4, -0.2) is 29.5 Å². The number of carbonyl (C=O) groups is 1. The van der Waals surface area contributed by atoms with Crippen LogP contribution in [0.4, 0.5) is 0 Å². The fourth-order valence-corrected chi connectivity index (χ4v) is 2.37. The first kappa shape index (κ1) is 10.6. The summed E-state index contributed by atoms with van der Waals surface area (Å²) in [6.07, 6.45) is 3.63. The summed E-state index contributed by atoms with van der Waals surface area (Å²) in [5.74, 6) is 0.0107. The Morgan fingerprint density at radius 3 is 3.27 bits per heavy atom. The lowest BCUT2D eigenvalue weighted by Gasteiger charge is -2.28. The third kappa shape index (κ3) is 2.76. The van der Waals surface area contributed by atoms with Crippen LogP contribution in [0.25, 0.3) is 0 Å². The quantitative estimate of drug-likeness (QED) is 0.790. The van der Waals surface area contributed by atoms with Crippen LogP contribution in [0.2, 0.25) is 0 Å². The van der Waals surface area contributed by atoms with Gasteiger partial charge in [-0.05, 0) is 26.3 Å². The highest BCUT2D eigenvalue weighted by Gasteiger charge is 2.20. The minimum absolute atomic E-state index is 0.0107. The molecule has 82 valence electrons. The van der Waals surface area contributed by atoms with Crippen LogP contribution >= 0.6 is 11.3 Å². The Balaban J connectivity index is 1.89. The minimum atomic E-state index is 0.0107. The first-order valence-electron chi connectivity index (χ1n) is 5.18. The van der Waals surface area contributed by atoms with Crippen molar-refractivity contribution >= 4 is 17.2 Å². The number of amides is 1. The van der Waals surface area contributed by atoms with Gasteiger partial charge in [-0.25, -0.2) is 0 Å². The maximum Gasteiger partial charge on any atom is 0.263 e. The SMILES string of the molecule is CC1CC(NC(=O)c2cncs2)CCN1. The van der Waals surface area contributed by atoms with Crippen molar-refractivity contribution in [3.63, 3.8) is 0 Å². The summed E-state index contributed by atoms with van der Waals surface area (Å²) in [7, 11) is 0.